The van der Waals surface area contributed by atoms with Crippen LogP contribution >= 0.6 is 0 Å². The number of benzene rings is 3. The van der Waals surface area contributed by atoms with Crippen molar-refractivity contribution < 1.29 is 4.84 Å². The second kappa shape index (κ2) is 8.93. The molecule has 7 nitrogen and oxygen atoms in total. The van der Waals surface area contributed by atoms with E-state index in [4.69, 9.17) is 4.84 Å². The molecule has 0 spiro atoms. The van der Waals surface area contributed by atoms with E-state index in [9.17, 15) is 0 Å². The minimum absolute atomic E-state index is 0.848. The van der Waals surface area contributed by atoms with Crippen molar-refractivity contribution in [3.8, 4) is 16.9 Å². The molecule has 0 amide bonds. The van der Waals surface area contributed by atoms with Gasteiger partial charge in [0.2, 0.25) is 0 Å². The minimum atomic E-state index is 0.848. The summed E-state index contributed by atoms with van der Waals surface area (Å²) >= 11 is 0. The maximum absolute atomic E-state index is 6.95. The Bertz CT molecular complexity index is 1510. The topological polar surface area (TPSA) is 49.7 Å². The highest BCUT2D eigenvalue weighted by atomic mass is 16.7. The summed E-state index contributed by atoms with van der Waals surface area (Å²) in [5, 5.41) is 8.88. The number of para-hydroxylation sites is 1. The first-order valence-electron chi connectivity index (χ1n) is 14.4. The Kier molecular flexibility index (Phi) is 5.23. The fraction of sp³-hybridized carbons (Fsp3) is 0.419. The van der Waals surface area contributed by atoms with Crippen molar-refractivity contribution in [2.75, 3.05) is 54.0 Å². The molecule has 3 fully saturated rings. The van der Waals surface area contributed by atoms with Crippen LogP contribution in [0, 0.1) is 0 Å². The Hall–Kier alpha value is -3.74. The van der Waals surface area contributed by atoms with Crippen molar-refractivity contribution in [2.45, 2.75) is 44.9 Å². The zero-order chi connectivity index (χ0) is 25.1. The molecule has 8 rings (SSSR count). The Labute approximate surface area is 223 Å². The van der Waals surface area contributed by atoms with Crippen molar-refractivity contribution in [1.29, 1.82) is 0 Å². The van der Waals surface area contributed by atoms with E-state index in [1.165, 1.54) is 77.8 Å². The number of anilines is 3. The smallest absolute Gasteiger partial charge is 0.191 e. The molecule has 0 bridgehead atoms. The van der Waals surface area contributed by atoms with Crippen molar-refractivity contribution >= 4 is 28.1 Å². The van der Waals surface area contributed by atoms with Gasteiger partial charge in [0.25, 0.3) is 0 Å². The number of nitrogens with zero attached hydrogens (tertiary/aromatic N) is 6. The first kappa shape index (κ1) is 22.3. The third kappa shape index (κ3) is 3.40. The fourth-order valence-electron chi connectivity index (χ4n) is 7.15. The molecule has 38 heavy (non-hydrogen) atoms. The van der Waals surface area contributed by atoms with Crippen LogP contribution in [0.3, 0.4) is 0 Å². The summed E-state index contributed by atoms with van der Waals surface area (Å²) < 4.78 is 0. The summed E-state index contributed by atoms with van der Waals surface area (Å²) in [7, 11) is 0. The van der Waals surface area contributed by atoms with Crippen LogP contribution in [0.15, 0.2) is 48.5 Å². The third-order valence-electron chi connectivity index (χ3n) is 8.90. The quantitative estimate of drug-likeness (QED) is 0.307. The van der Waals surface area contributed by atoms with Crippen molar-refractivity contribution in [2.24, 2.45) is 0 Å². The molecule has 4 heterocycles. The minimum Gasteiger partial charge on any atom is -0.370 e. The summed E-state index contributed by atoms with van der Waals surface area (Å²) in [6.07, 6.45) is 8.43. The van der Waals surface area contributed by atoms with Gasteiger partial charge in [-0.1, -0.05) is 41.2 Å². The third-order valence-corrected chi connectivity index (χ3v) is 8.90. The lowest BCUT2D eigenvalue weighted by Gasteiger charge is -2.36. The van der Waals surface area contributed by atoms with Gasteiger partial charge in [0, 0.05) is 51.3 Å². The monoisotopic (exact) mass is 506 g/mol. The molecule has 3 aliphatic heterocycles. The SMILES string of the molecule is c1ccc2c(c1)Cc1c-2c(On2nnc3ccccc32)c(N2CCCC2)c(N2CCCC2)c1N1CCCC1. The average Bonchev–Trinajstić information content (AvgIpc) is 3.79. The number of fused-ring (bicyclic) bond motifs is 4. The molecule has 4 aromatic rings. The first-order valence-corrected chi connectivity index (χ1v) is 14.4. The van der Waals surface area contributed by atoms with Crippen LogP contribution < -0.4 is 19.5 Å². The molecule has 0 unspecified atom stereocenters. The standard InChI is InChI=1S/C31H34N6O/c1-2-12-23-22(11-1)21-24-27(23)31(38-37-26-14-4-3-13-25(26)32-33-37)30(36-19-9-10-20-36)29(35-17-7-8-18-35)28(24)34-15-5-6-16-34/h1-4,11-14H,5-10,15-21H2. The maximum Gasteiger partial charge on any atom is 0.191 e. The molecule has 0 saturated carbocycles. The van der Waals surface area contributed by atoms with Crippen molar-refractivity contribution in [3.63, 3.8) is 0 Å². The van der Waals surface area contributed by atoms with E-state index in [0.29, 0.717) is 0 Å². The molecule has 0 radical (unpaired) electrons. The molecule has 3 aromatic carbocycles. The van der Waals surface area contributed by atoms with E-state index in [1.807, 2.05) is 24.3 Å². The zero-order valence-electron chi connectivity index (χ0n) is 21.9. The van der Waals surface area contributed by atoms with Gasteiger partial charge in [0.05, 0.1) is 11.4 Å². The number of aromatic nitrogens is 3. The summed E-state index contributed by atoms with van der Waals surface area (Å²) in [6, 6.07) is 17.0. The van der Waals surface area contributed by atoms with Crippen LogP contribution in [0.1, 0.15) is 49.7 Å². The van der Waals surface area contributed by atoms with Gasteiger partial charge in [-0.25, -0.2) is 0 Å². The zero-order valence-corrected chi connectivity index (χ0v) is 21.9. The van der Waals surface area contributed by atoms with E-state index < -0.39 is 0 Å². The van der Waals surface area contributed by atoms with E-state index >= 15 is 0 Å². The van der Waals surface area contributed by atoms with E-state index in [1.54, 1.807) is 4.85 Å². The van der Waals surface area contributed by atoms with E-state index in [2.05, 4.69) is 49.3 Å². The van der Waals surface area contributed by atoms with E-state index in [-0.39, 0.29) is 0 Å². The largest absolute Gasteiger partial charge is 0.370 e. The molecular formula is C31H34N6O. The highest BCUT2D eigenvalue weighted by Crippen LogP contribution is 2.58. The molecular weight excluding hydrogens is 472 g/mol. The average molecular weight is 507 g/mol. The van der Waals surface area contributed by atoms with Gasteiger partial charge in [-0.2, -0.15) is 0 Å². The van der Waals surface area contributed by atoms with Crippen molar-refractivity contribution in [1.82, 2.24) is 15.2 Å². The normalized spacial score (nSPS) is 18.6. The Morgan fingerprint density at radius 3 is 1.97 bits per heavy atom. The lowest BCUT2D eigenvalue weighted by atomic mass is 9.98. The second-order valence-electron chi connectivity index (χ2n) is 11.2. The summed E-state index contributed by atoms with van der Waals surface area (Å²) in [4.78, 5) is 16.5. The molecule has 194 valence electrons. The fourth-order valence-corrected chi connectivity index (χ4v) is 7.15. The van der Waals surface area contributed by atoms with Crippen LogP contribution in [0.4, 0.5) is 17.1 Å². The van der Waals surface area contributed by atoms with Crippen LogP contribution in [0.2, 0.25) is 0 Å². The lowest BCUT2D eigenvalue weighted by molar-refractivity contribution is 0.186. The predicted molar refractivity (Wildman–Crippen MR) is 153 cm³/mol. The van der Waals surface area contributed by atoms with Crippen molar-refractivity contribution in [3.05, 3.63) is 59.7 Å². The molecule has 1 aromatic heterocycles. The molecule has 1 aliphatic carbocycles. The van der Waals surface area contributed by atoms with Crippen LogP contribution in [0.5, 0.6) is 5.75 Å². The maximum atomic E-state index is 6.95. The first-order chi connectivity index (χ1) is 18.9. The molecule has 4 aliphatic rings. The number of hydrogen-bond donors (Lipinski definition) is 0. The summed E-state index contributed by atoms with van der Waals surface area (Å²) in [6.45, 7) is 6.62. The highest BCUT2D eigenvalue weighted by Gasteiger charge is 2.39. The van der Waals surface area contributed by atoms with Gasteiger partial charge in [-0.3, -0.25) is 0 Å². The second-order valence-corrected chi connectivity index (χ2v) is 11.2. The Morgan fingerprint density at radius 2 is 1.24 bits per heavy atom. The van der Waals surface area contributed by atoms with Gasteiger partial charge < -0.3 is 19.5 Å². The number of hydrogen-bond acceptors (Lipinski definition) is 6. The predicted octanol–water partition coefficient (Wildman–Crippen LogP) is 5.65. The van der Waals surface area contributed by atoms with Crippen LogP contribution in [-0.2, 0) is 6.42 Å². The molecule has 0 atom stereocenters. The van der Waals surface area contributed by atoms with Gasteiger partial charge in [0.15, 0.2) is 5.75 Å². The van der Waals surface area contributed by atoms with Crippen LogP contribution in [-0.4, -0.2) is 54.4 Å². The Morgan fingerprint density at radius 1 is 0.632 bits per heavy atom. The lowest BCUT2D eigenvalue weighted by Crippen LogP contribution is -2.30. The molecule has 0 N–H and O–H groups in total. The summed E-state index contributed by atoms with van der Waals surface area (Å²) in [5.41, 5.74) is 11.3. The van der Waals surface area contributed by atoms with Crippen LogP contribution in [0.25, 0.3) is 22.2 Å². The highest BCUT2D eigenvalue weighted by molar-refractivity contribution is 6.02. The molecule has 3 saturated heterocycles. The summed E-state index contributed by atoms with van der Waals surface area (Å²) in [5.74, 6) is 0.951. The molecule has 7 heteroatoms. The van der Waals surface area contributed by atoms with Gasteiger partial charge in [-0.15, -0.1) is 5.10 Å². The Balaban J connectivity index is 1.44. The number of rotatable bonds is 5. The van der Waals surface area contributed by atoms with Gasteiger partial charge >= 0.3 is 0 Å². The van der Waals surface area contributed by atoms with E-state index in [0.717, 1.165) is 62.5 Å². The van der Waals surface area contributed by atoms with Gasteiger partial charge in [0.1, 0.15) is 16.7 Å². The van der Waals surface area contributed by atoms with Gasteiger partial charge in [-0.05, 0) is 72.6 Å².